The summed E-state index contributed by atoms with van der Waals surface area (Å²) in [6, 6.07) is 15.6. The van der Waals surface area contributed by atoms with E-state index in [1.165, 1.54) is 16.0 Å². The average molecular weight is 515 g/mol. The molecule has 0 saturated heterocycles. The van der Waals surface area contributed by atoms with E-state index in [9.17, 15) is 0 Å². The third-order valence-electron chi connectivity index (χ3n) is 7.45. The maximum atomic E-state index is 5.66. The number of aromatic nitrogens is 3. The normalized spacial score (nSPS) is 19.0. The topological polar surface area (TPSA) is 75.2 Å². The first-order valence-corrected chi connectivity index (χ1v) is 14.0. The first-order chi connectivity index (χ1) is 18.0. The van der Waals surface area contributed by atoms with Gasteiger partial charge < -0.3 is 20.3 Å². The molecule has 6 rings (SSSR count). The first-order valence-electron chi connectivity index (χ1n) is 13.2. The van der Waals surface area contributed by atoms with Crippen LogP contribution in [-0.4, -0.2) is 47.7 Å². The highest BCUT2D eigenvalue weighted by Crippen LogP contribution is 2.34. The molecule has 0 bridgehead atoms. The van der Waals surface area contributed by atoms with Gasteiger partial charge in [0, 0.05) is 55.0 Å². The molecule has 7 nitrogen and oxygen atoms in total. The highest BCUT2D eigenvalue weighted by atomic mass is 32.1. The molecule has 2 aromatic heterocycles. The van der Waals surface area contributed by atoms with E-state index in [1.54, 1.807) is 11.3 Å². The second kappa shape index (κ2) is 10.3. The van der Waals surface area contributed by atoms with Gasteiger partial charge in [0.1, 0.15) is 16.6 Å². The Morgan fingerprint density at radius 1 is 1.00 bits per heavy atom. The van der Waals surface area contributed by atoms with Gasteiger partial charge in [0.15, 0.2) is 0 Å². The van der Waals surface area contributed by atoms with Crippen LogP contribution in [0.25, 0.3) is 21.5 Å². The number of hydrogen-bond acceptors (Lipinski definition) is 8. The fourth-order valence-electron chi connectivity index (χ4n) is 5.36. The van der Waals surface area contributed by atoms with Gasteiger partial charge in [-0.2, -0.15) is 4.98 Å². The van der Waals surface area contributed by atoms with Crippen molar-refractivity contribution in [2.75, 3.05) is 30.9 Å². The van der Waals surface area contributed by atoms with Crippen LogP contribution in [-0.2, 0) is 13.0 Å². The Labute approximate surface area is 222 Å². The molecule has 0 spiro atoms. The number of ether oxygens (including phenoxy) is 1. The molecule has 0 radical (unpaired) electrons. The fourth-order valence-corrected chi connectivity index (χ4v) is 6.37. The number of thiazole rings is 1. The van der Waals surface area contributed by atoms with Gasteiger partial charge in [-0.3, -0.25) is 0 Å². The van der Waals surface area contributed by atoms with Crippen LogP contribution in [0.1, 0.15) is 41.8 Å². The van der Waals surface area contributed by atoms with Gasteiger partial charge >= 0.3 is 0 Å². The highest BCUT2D eigenvalue weighted by molar-refractivity contribution is 7.15. The van der Waals surface area contributed by atoms with Crippen molar-refractivity contribution in [1.82, 2.24) is 20.3 Å². The second-order valence-electron chi connectivity index (χ2n) is 10.3. The third-order valence-corrected chi connectivity index (χ3v) is 8.65. The van der Waals surface area contributed by atoms with Gasteiger partial charge in [-0.1, -0.05) is 12.1 Å². The number of hydrogen-bond donors (Lipinski definition) is 2. The SMILES string of the molecule is Cc1nc(-c2ccc3c(c2)CCO3)sc1CNC1CCC(Nc2nc(N(C)C)c3ccccc3n2)CC1. The predicted molar refractivity (Wildman–Crippen MR) is 152 cm³/mol. The lowest BCUT2D eigenvalue weighted by molar-refractivity contribution is 0.353. The van der Waals surface area contributed by atoms with Crippen molar-refractivity contribution in [3.05, 3.63) is 58.6 Å². The van der Waals surface area contributed by atoms with Gasteiger partial charge in [-0.05, 0) is 68.5 Å². The van der Waals surface area contributed by atoms with Crippen LogP contribution in [0.5, 0.6) is 5.75 Å². The number of nitrogens with zero attached hydrogens (tertiary/aromatic N) is 4. The van der Waals surface area contributed by atoms with E-state index in [2.05, 4.69) is 52.8 Å². The molecule has 3 heterocycles. The zero-order valence-electron chi connectivity index (χ0n) is 21.8. The van der Waals surface area contributed by atoms with Gasteiger partial charge in [-0.25, -0.2) is 9.97 Å². The summed E-state index contributed by atoms with van der Waals surface area (Å²) in [5, 5.41) is 9.60. The second-order valence-corrected chi connectivity index (χ2v) is 11.4. The van der Waals surface area contributed by atoms with E-state index >= 15 is 0 Å². The van der Waals surface area contributed by atoms with Crippen LogP contribution in [0.4, 0.5) is 11.8 Å². The summed E-state index contributed by atoms with van der Waals surface area (Å²) in [5.74, 6) is 2.70. The minimum atomic E-state index is 0.398. The molecule has 2 N–H and O–H groups in total. The molecule has 0 unspecified atom stereocenters. The van der Waals surface area contributed by atoms with Gasteiger partial charge in [0.25, 0.3) is 0 Å². The summed E-state index contributed by atoms with van der Waals surface area (Å²) >= 11 is 1.81. The zero-order chi connectivity index (χ0) is 25.4. The Balaban J connectivity index is 1.04. The van der Waals surface area contributed by atoms with E-state index in [0.29, 0.717) is 12.1 Å². The molecule has 2 aromatic carbocycles. The molecule has 0 atom stereocenters. The molecular formula is C29H34N6OS. The Hall–Kier alpha value is -3.23. The van der Waals surface area contributed by atoms with Crippen LogP contribution in [0.15, 0.2) is 42.5 Å². The van der Waals surface area contributed by atoms with Crippen LogP contribution >= 0.6 is 11.3 Å². The van der Waals surface area contributed by atoms with E-state index in [-0.39, 0.29) is 0 Å². The monoisotopic (exact) mass is 514 g/mol. The number of benzene rings is 2. The van der Waals surface area contributed by atoms with Crippen LogP contribution in [0.2, 0.25) is 0 Å². The molecule has 0 amide bonds. The number of anilines is 2. The maximum Gasteiger partial charge on any atom is 0.225 e. The largest absolute Gasteiger partial charge is 0.493 e. The van der Waals surface area contributed by atoms with Crippen molar-refractivity contribution < 1.29 is 4.74 Å². The summed E-state index contributed by atoms with van der Waals surface area (Å²) < 4.78 is 5.66. The Bertz CT molecular complexity index is 1410. The van der Waals surface area contributed by atoms with Gasteiger partial charge in [-0.15, -0.1) is 11.3 Å². The molecule has 37 heavy (non-hydrogen) atoms. The van der Waals surface area contributed by atoms with Crippen molar-refractivity contribution in [1.29, 1.82) is 0 Å². The van der Waals surface area contributed by atoms with E-state index in [1.807, 2.05) is 26.2 Å². The Morgan fingerprint density at radius 3 is 2.65 bits per heavy atom. The van der Waals surface area contributed by atoms with Crippen molar-refractivity contribution in [2.24, 2.45) is 0 Å². The summed E-state index contributed by atoms with van der Waals surface area (Å²) in [4.78, 5) is 17.9. The molecule has 1 aliphatic carbocycles. The van der Waals surface area contributed by atoms with Gasteiger partial charge in [0.2, 0.25) is 5.95 Å². The van der Waals surface area contributed by atoms with Crippen molar-refractivity contribution >= 4 is 34.0 Å². The average Bonchev–Trinajstić information content (AvgIpc) is 3.53. The first kappa shape index (κ1) is 24.1. The summed E-state index contributed by atoms with van der Waals surface area (Å²) in [6.45, 7) is 3.79. The lowest BCUT2D eigenvalue weighted by Gasteiger charge is -2.30. The number of aryl methyl sites for hydroxylation is 1. The van der Waals surface area contributed by atoms with E-state index < -0.39 is 0 Å². The molecule has 192 valence electrons. The molecular weight excluding hydrogens is 480 g/mol. The summed E-state index contributed by atoms with van der Waals surface area (Å²) in [6.07, 6.45) is 5.48. The lowest BCUT2D eigenvalue weighted by atomic mass is 9.91. The van der Waals surface area contributed by atoms with E-state index in [0.717, 1.165) is 84.4 Å². The predicted octanol–water partition coefficient (Wildman–Crippen LogP) is 5.58. The van der Waals surface area contributed by atoms with Gasteiger partial charge in [0.05, 0.1) is 17.8 Å². The van der Waals surface area contributed by atoms with E-state index in [4.69, 9.17) is 19.7 Å². The molecule has 1 aliphatic heterocycles. The van der Waals surface area contributed by atoms with Crippen molar-refractivity contribution in [3.63, 3.8) is 0 Å². The highest BCUT2D eigenvalue weighted by Gasteiger charge is 2.23. The summed E-state index contributed by atoms with van der Waals surface area (Å²) in [7, 11) is 4.06. The quantitative estimate of drug-likeness (QED) is 0.334. The van der Waals surface area contributed by atoms with Crippen molar-refractivity contribution in [2.45, 2.75) is 57.7 Å². The number of nitrogens with one attached hydrogen (secondary N) is 2. The third kappa shape index (κ3) is 5.13. The smallest absolute Gasteiger partial charge is 0.225 e. The number of para-hydroxylation sites is 1. The number of rotatable bonds is 7. The number of fused-ring (bicyclic) bond motifs is 2. The van der Waals surface area contributed by atoms with Crippen molar-refractivity contribution in [3.8, 4) is 16.3 Å². The molecule has 1 fully saturated rings. The van der Waals surface area contributed by atoms with Crippen LogP contribution in [0, 0.1) is 6.92 Å². The standard InChI is InChI=1S/C29H34N6OS/c1-18-26(37-28(31-18)20-8-13-25-19(16-20)14-15-36-25)17-30-21-9-11-22(12-10-21)32-29-33-24-7-5-4-6-23(24)27(34-29)35(2)3/h4-8,13,16,21-22,30H,9-12,14-15,17H2,1-3H3,(H,32,33,34). The van der Waals surface area contributed by atoms with Crippen LogP contribution in [0.3, 0.4) is 0 Å². The Morgan fingerprint density at radius 2 is 1.81 bits per heavy atom. The Kier molecular flexibility index (Phi) is 6.69. The fraction of sp³-hybridized carbons (Fsp3) is 0.414. The molecule has 4 aromatic rings. The summed E-state index contributed by atoms with van der Waals surface area (Å²) in [5.41, 5.74) is 4.60. The minimum absolute atomic E-state index is 0.398. The molecule has 2 aliphatic rings. The molecule has 8 heteroatoms. The molecule has 1 saturated carbocycles. The minimum Gasteiger partial charge on any atom is -0.493 e. The lowest BCUT2D eigenvalue weighted by Crippen LogP contribution is -2.36. The maximum absolute atomic E-state index is 5.66. The van der Waals surface area contributed by atoms with Crippen LogP contribution < -0.4 is 20.3 Å². The zero-order valence-corrected chi connectivity index (χ0v) is 22.6.